The van der Waals surface area contributed by atoms with Gasteiger partial charge in [0, 0.05) is 11.9 Å². The maximum Gasteiger partial charge on any atom is 0.249 e. The standard InChI is InChI=1S/C13H12Cl3N3O/c1-2-12(19-7-8(14)6-17-19)13(20)18-9-3-4-10(15)11(16)5-9/h3-7,12H,2H2,1H3,(H,18,20). The van der Waals surface area contributed by atoms with Gasteiger partial charge in [-0.1, -0.05) is 41.7 Å². The molecule has 0 fully saturated rings. The predicted molar refractivity (Wildman–Crippen MR) is 81.7 cm³/mol. The normalized spacial score (nSPS) is 12.2. The number of benzene rings is 1. The Balaban J connectivity index is 2.15. The van der Waals surface area contributed by atoms with Gasteiger partial charge in [0.15, 0.2) is 0 Å². The molecule has 106 valence electrons. The first-order valence-corrected chi connectivity index (χ1v) is 7.10. The number of rotatable bonds is 4. The molecule has 0 aliphatic rings. The fraction of sp³-hybridized carbons (Fsp3) is 0.231. The molecule has 1 aromatic carbocycles. The molecule has 20 heavy (non-hydrogen) atoms. The molecule has 7 heteroatoms. The van der Waals surface area contributed by atoms with Crippen LogP contribution in [0.1, 0.15) is 19.4 Å². The van der Waals surface area contributed by atoms with Crippen molar-refractivity contribution < 1.29 is 4.79 Å². The highest BCUT2D eigenvalue weighted by atomic mass is 35.5. The van der Waals surface area contributed by atoms with E-state index in [1.807, 2.05) is 6.92 Å². The number of hydrogen-bond donors (Lipinski definition) is 1. The van der Waals surface area contributed by atoms with Gasteiger partial charge in [0.25, 0.3) is 0 Å². The van der Waals surface area contributed by atoms with E-state index in [1.54, 1.807) is 24.4 Å². The minimum absolute atomic E-state index is 0.189. The Labute approximate surface area is 131 Å². The molecule has 0 saturated heterocycles. The summed E-state index contributed by atoms with van der Waals surface area (Å²) in [5, 5.41) is 8.16. The second-order valence-corrected chi connectivity index (χ2v) is 5.43. The maximum absolute atomic E-state index is 12.3. The highest BCUT2D eigenvalue weighted by Crippen LogP contribution is 2.26. The quantitative estimate of drug-likeness (QED) is 0.900. The van der Waals surface area contributed by atoms with Crippen molar-refractivity contribution in [1.82, 2.24) is 9.78 Å². The number of halogens is 3. The third-order valence-electron chi connectivity index (χ3n) is 2.77. The predicted octanol–water partition coefficient (Wildman–Crippen LogP) is 4.43. The molecule has 1 amide bonds. The third kappa shape index (κ3) is 3.45. The summed E-state index contributed by atoms with van der Waals surface area (Å²) in [6, 6.07) is 4.49. The van der Waals surface area contributed by atoms with E-state index in [2.05, 4.69) is 10.4 Å². The Morgan fingerprint density at radius 2 is 2.10 bits per heavy atom. The molecule has 1 atom stereocenters. The summed E-state index contributed by atoms with van der Waals surface area (Å²) in [5.74, 6) is -0.189. The van der Waals surface area contributed by atoms with Crippen LogP contribution in [0.4, 0.5) is 5.69 Å². The number of amides is 1. The van der Waals surface area contributed by atoms with Gasteiger partial charge >= 0.3 is 0 Å². The van der Waals surface area contributed by atoms with Crippen molar-refractivity contribution in [2.75, 3.05) is 5.32 Å². The maximum atomic E-state index is 12.3. The Bertz CT molecular complexity index is 627. The summed E-state index contributed by atoms with van der Waals surface area (Å²) in [5.41, 5.74) is 0.584. The second kappa shape index (κ2) is 6.48. The van der Waals surface area contributed by atoms with Gasteiger partial charge in [0.1, 0.15) is 6.04 Å². The largest absolute Gasteiger partial charge is 0.324 e. The topological polar surface area (TPSA) is 46.9 Å². The molecular weight excluding hydrogens is 321 g/mol. The smallest absolute Gasteiger partial charge is 0.249 e. The van der Waals surface area contributed by atoms with Crippen LogP contribution in [0.25, 0.3) is 0 Å². The number of hydrogen-bond acceptors (Lipinski definition) is 2. The fourth-order valence-corrected chi connectivity index (χ4v) is 2.22. The van der Waals surface area contributed by atoms with Gasteiger partial charge in [0.2, 0.25) is 5.91 Å². The van der Waals surface area contributed by atoms with E-state index in [0.29, 0.717) is 27.2 Å². The summed E-state index contributed by atoms with van der Waals surface area (Å²) < 4.78 is 1.54. The number of carbonyl (C=O) groups is 1. The zero-order valence-electron chi connectivity index (χ0n) is 10.6. The highest BCUT2D eigenvalue weighted by Gasteiger charge is 2.19. The SMILES string of the molecule is CCC(C(=O)Nc1ccc(Cl)c(Cl)c1)n1cc(Cl)cn1. The van der Waals surface area contributed by atoms with Crippen LogP contribution in [0.5, 0.6) is 0 Å². The lowest BCUT2D eigenvalue weighted by atomic mass is 10.2. The van der Waals surface area contributed by atoms with Crippen LogP contribution in [0.3, 0.4) is 0 Å². The number of anilines is 1. The van der Waals surface area contributed by atoms with Gasteiger partial charge in [-0.3, -0.25) is 9.48 Å². The fourth-order valence-electron chi connectivity index (χ4n) is 1.78. The summed E-state index contributed by atoms with van der Waals surface area (Å²) in [6.07, 6.45) is 3.70. The summed E-state index contributed by atoms with van der Waals surface area (Å²) in [6.45, 7) is 1.90. The minimum atomic E-state index is -0.433. The first-order valence-electron chi connectivity index (χ1n) is 5.97. The lowest BCUT2D eigenvalue weighted by molar-refractivity contribution is -0.119. The molecule has 0 aliphatic carbocycles. The Morgan fingerprint density at radius 1 is 1.35 bits per heavy atom. The van der Waals surface area contributed by atoms with E-state index >= 15 is 0 Å². The number of nitrogens with zero attached hydrogens (tertiary/aromatic N) is 2. The van der Waals surface area contributed by atoms with Crippen molar-refractivity contribution in [2.45, 2.75) is 19.4 Å². The van der Waals surface area contributed by atoms with E-state index in [9.17, 15) is 4.79 Å². The summed E-state index contributed by atoms with van der Waals surface area (Å²) in [7, 11) is 0. The zero-order chi connectivity index (χ0) is 14.7. The van der Waals surface area contributed by atoms with Crippen LogP contribution >= 0.6 is 34.8 Å². The average molecular weight is 333 g/mol. The van der Waals surface area contributed by atoms with Crippen LogP contribution in [0.15, 0.2) is 30.6 Å². The van der Waals surface area contributed by atoms with Gasteiger partial charge in [-0.25, -0.2) is 0 Å². The van der Waals surface area contributed by atoms with Gasteiger partial charge in [-0.2, -0.15) is 5.10 Å². The van der Waals surface area contributed by atoms with E-state index in [0.717, 1.165) is 0 Å². The van der Waals surface area contributed by atoms with Crippen molar-refractivity contribution in [1.29, 1.82) is 0 Å². The zero-order valence-corrected chi connectivity index (χ0v) is 12.9. The molecule has 0 radical (unpaired) electrons. The average Bonchev–Trinajstić information content (AvgIpc) is 2.81. The third-order valence-corrected chi connectivity index (χ3v) is 3.70. The van der Waals surface area contributed by atoms with E-state index in [4.69, 9.17) is 34.8 Å². The molecular formula is C13H12Cl3N3O. The number of aromatic nitrogens is 2. The minimum Gasteiger partial charge on any atom is -0.324 e. The number of nitrogens with one attached hydrogen (secondary N) is 1. The molecule has 2 aromatic rings. The van der Waals surface area contributed by atoms with E-state index in [1.165, 1.54) is 10.9 Å². The van der Waals surface area contributed by atoms with Crippen LogP contribution in [0, 0.1) is 0 Å². The first kappa shape index (κ1) is 15.2. The highest BCUT2D eigenvalue weighted by molar-refractivity contribution is 6.42. The van der Waals surface area contributed by atoms with Crippen LogP contribution in [-0.4, -0.2) is 15.7 Å². The van der Waals surface area contributed by atoms with Crippen molar-refractivity contribution >= 4 is 46.4 Å². The molecule has 0 spiro atoms. The summed E-state index contributed by atoms with van der Waals surface area (Å²) >= 11 is 17.6. The Kier molecular flexibility index (Phi) is 4.91. The van der Waals surface area contributed by atoms with Gasteiger partial charge in [0.05, 0.1) is 21.3 Å². The van der Waals surface area contributed by atoms with Crippen molar-refractivity contribution in [2.24, 2.45) is 0 Å². The lowest BCUT2D eigenvalue weighted by Crippen LogP contribution is -2.25. The molecule has 4 nitrogen and oxygen atoms in total. The Morgan fingerprint density at radius 3 is 2.65 bits per heavy atom. The Hall–Kier alpha value is -1.23. The van der Waals surface area contributed by atoms with Crippen molar-refractivity contribution in [3.8, 4) is 0 Å². The molecule has 1 aromatic heterocycles. The monoisotopic (exact) mass is 331 g/mol. The lowest BCUT2D eigenvalue weighted by Gasteiger charge is -2.15. The molecule has 0 aliphatic heterocycles. The molecule has 0 saturated carbocycles. The molecule has 1 unspecified atom stereocenters. The van der Waals surface area contributed by atoms with E-state index in [-0.39, 0.29) is 5.91 Å². The van der Waals surface area contributed by atoms with E-state index < -0.39 is 6.04 Å². The number of carbonyl (C=O) groups excluding carboxylic acids is 1. The second-order valence-electron chi connectivity index (χ2n) is 4.18. The molecule has 0 bridgehead atoms. The van der Waals surface area contributed by atoms with Crippen LogP contribution in [0.2, 0.25) is 15.1 Å². The molecule has 2 rings (SSSR count). The summed E-state index contributed by atoms with van der Waals surface area (Å²) in [4.78, 5) is 12.3. The van der Waals surface area contributed by atoms with Crippen molar-refractivity contribution in [3.05, 3.63) is 45.7 Å². The van der Waals surface area contributed by atoms with Crippen LogP contribution in [-0.2, 0) is 4.79 Å². The molecule has 1 heterocycles. The molecule has 1 N–H and O–H groups in total. The van der Waals surface area contributed by atoms with Gasteiger partial charge in [-0.15, -0.1) is 0 Å². The van der Waals surface area contributed by atoms with Gasteiger partial charge in [-0.05, 0) is 24.6 Å². The first-order chi connectivity index (χ1) is 9.51. The van der Waals surface area contributed by atoms with Crippen molar-refractivity contribution in [3.63, 3.8) is 0 Å². The van der Waals surface area contributed by atoms with Crippen LogP contribution < -0.4 is 5.32 Å². The van der Waals surface area contributed by atoms with Gasteiger partial charge < -0.3 is 5.32 Å².